The molecule has 0 fully saturated rings. The summed E-state index contributed by atoms with van der Waals surface area (Å²) in [5.41, 5.74) is 3.90. The molecular weight excluding hydrogens is 410 g/mol. The van der Waals surface area contributed by atoms with Crippen LogP contribution in [0.25, 0.3) is 0 Å². The predicted molar refractivity (Wildman–Crippen MR) is 126 cm³/mol. The highest BCUT2D eigenvalue weighted by Crippen LogP contribution is 2.32. The largest absolute Gasteiger partial charge is 0.497 e. The Morgan fingerprint density at radius 1 is 1.19 bits per heavy atom. The van der Waals surface area contributed by atoms with E-state index in [1.807, 2.05) is 47.8 Å². The van der Waals surface area contributed by atoms with Gasteiger partial charge in [0.2, 0.25) is 5.91 Å². The molecule has 0 saturated heterocycles. The van der Waals surface area contributed by atoms with Crippen LogP contribution in [-0.2, 0) is 17.8 Å². The fourth-order valence-corrected chi connectivity index (χ4v) is 4.34. The van der Waals surface area contributed by atoms with Crippen molar-refractivity contribution in [3.63, 3.8) is 0 Å². The number of ether oxygens (including phenoxy) is 2. The molecule has 1 aromatic heterocycles. The van der Waals surface area contributed by atoms with Gasteiger partial charge in [-0.15, -0.1) is 11.3 Å². The molecule has 6 nitrogen and oxygen atoms in total. The van der Waals surface area contributed by atoms with Crippen molar-refractivity contribution >= 4 is 28.1 Å². The fraction of sp³-hybridized carbons (Fsp3) is 0.333. The molecule has 1 heterocycles. The lowest BCUT2D eigenvalue weighted by molar-refractivity contribution is -0.115. The summed E-state index contributed by atoms with van der Waals surface area (Å²) in [6.45, 7) is 6.30. The number of benzene rings is 2. The number of hydrogen-bond acceptors (Lipinski definition) is 6. The second-order valence-electron chi connectivity index (χ2n) is 7.17. The average molecular weight is 440 g/mol. The number of aryl methyl sites for hydroxylation is 1. The molecule has 0 aliphatic carbocycles. The number of carbonyl (C=O) groups is 1. The summed E-state index contributed by atoms with van der Waals surface area (Å²) >= 11 is 1.47. The van der Waals surface area contributed by atoms with Gasteiger partial charge in [0.1, 0.15) is 11.5 Å². The first-order valence-electron chi connectivity index (χ1n) is 10.3. The lowest BCUT2D eigenvalue weighted by Crippen LogP contribution is -2.24. The number of methoxy groups -OCH3 is 2. The first-order chi connectivity index (χ1) is 15.0. The molecule has 2 aromatic carbocycles. The molecule has 164 valence electrons. The molecular formula is C24H29N3O3S. The molecule has 0 bridgehead atoms. The molecule has 0 radical (unpaired) electrons. The van der Waals surface area contributed by atoms with Gasteiger partial charge in [-0.25, -0.2) is 4.98 Å². The molecule has 1 unspecified atom stereocenters. The Hall–Kier alpha value is -2.90. The molecule has 1 N–H and O–H groups in total. The van der Waals surface area contributed by atoms with E-state index >= 15 is 0 Å². The lowest BCUT2D eigenvalue weighted by atomic mass is 10.1. The minimum atomic E-state index is -0.0516. The van der Waals surface area contributed by atoms with Crippen LogP contribution in [0, 0.1) is 0 Å². The number of rotatable bonds is 9. The third kappa shape index (κ3) is 5.24. The normalized spacial score (nSPS) is 11.8. The second-order valence-corrected chi connectivity index (χ2v) is 8.01. The Kier molecular flexibility index (Phi) is 7.65. The highest BCUT2D eigenvalue weighted by molar-refractivity contribution is 7.14. The molecule has 0 saturated carbocycles. The van der Waals surface area contributed by atoms with E-state index in [2.05, 4.69) is 19.2 Å². The Morgan fingerprint density at radius 2 is 1.97 bits per heavy atom. The number of hydrogen-bond donors (Lipinski definition) is 1. The van der Waals surface area contributed by atoms with E-state index in [0.717, 1.165) is 40.4 Å². The van der Waals surface area contributed by atoms with E-state index in [4.69, 9.17) is 14.5 Å². The van der Waals surface area contributed by atoms with Crippen LogP contribution < -0.4 is 19.7 Å². The van der Waals surface area contributed by atoms with Gasteiger partial charge in [0.15, 0.2) is 5.13 Å². The number of amides is 1. The summed E-state index contributed by atoms with van der Waals surface area (Å²) in [5, 5.41) is 6.16. The van der Waals surface area contributed by atoms with Crippen LogP contribution in [0.2, 0.25) is 0 Å². The first kappa shape index (κ1) is 22.8. The van der Waals surface area contributed by atoms with Gasteiger partial charge in [0.25, 0.3) is 0 Å². The van der Waals surface area contributed by atoms with Gasteiger partial charge >= 0.3 is 0 Å². The summed E-state index contributed by atoms with van der Waals surface area (Å²) in [6.07, 6.45) is 0.847. The van der Waals surface area contributed by atoms with Crippen molar-refractivity contribution in [3.8, 4) is 11.5 Å². The maximum Gasteiger partial charge on any atom is 0.230 e. The first-order valence-corrected chi connectivity index (χ1v) is 11.1. The summed E-state index contributed by atoms with van der Waals surface area (Å²) in [4.78, 5) is 18.9. The summed E-state index contributed by atoms with van der Waals surface area (Å²) < 4.78 is 10.8. The van der Waals surface area contributed by atoms with Crippen molar-refractivity contribution < 1.29 is 14.3 Å². The van der Waals surface area contributed by atoms with E-state index in [0.29, 0.717) is 11.7 Å². The zero-order valence-corrected chi connectivity index (χ0v) is 19.5. The molecule has 1 amide bonds. The molecule has 1 atom stereocenters. The highest BCUT2D eigenvalue weighted by atomic mass is 32.1. The van der Waals surface area contributed by atoms with Gasteiger partial charge in [-0.3, -0.25) is 9.69 Å². The maximum absolute atomic E-state index is 12.5. The van der Waals surface area contributed by atoms with Crippen molar-refractivity contribution in [2.45, 2.75) is 39.8 Å². The van der Waals surface area contributed by atoms with E-state index in [1.54, 1.807) is 26.0 Å². The van der Waals surface area contributed by atoms with Gasteiger partial charge < -0.3 is 14.8 Å². The zero-order valence-electron chi connectivity index (χ0n) is 18.6. The van der Waals surface area contributed by atoms with E-state index in [-0.39, 0.29) is 11.9 Å². The lowest BCUT2D eigenvalue weighted by Gasteiger charge is -2.21. The van der Waals surface area contributed by atoms with Crippen LogP contribution in [0.4, 0.5) is 10.8 Å². The number of aromatic nitrogens is 1. The average Bonchev–Trinajstić information content (AvgIpc) is 3.25. The zero-order chi connectivity index (χ0) is 22.4. The van der Waals surface area contributed by atoms with Gasteiger partial charge in [-0.2, -0.15) is 0 Å². The SMILES string of the molecule is CCc1ccccc1N(C(C)=O)c1nc(CNC(C)c2cc(OC)ccc2OC)cs1. The van der Waals surface area contributed by atoms with Crippen molar-refractivity contribution in [1.29, 1.82) is 0 Å². The van der Waals surface area contributed by atoms with E-state index in [1.165, 1.54) is 11.3 Å². The maximum atomic E-state index is 12.5. The molecule has 7 heteroatoms. The number of anilines is 2. The third-order valence-corrected chi connectivity index (χ3v) is 6.03. The summed E-state index contributed by atoms with van der Waals surface area (Å²) in [7, 11) is 3.31. The van der Waals surface area contributed by atoms with Crippen LogP contribution in [0.5, 0.6) is 11.5 Å². The number of thiazole rings is 1. The minimum absolute atomic E-state index is 0.0277. The van der Waals surface area contributed by atoms with Crippen LogP contribution in [0.1, 0.15) is 43.6 Å². The number of nitrogens with zero attached hydrogens (tertiary/aromatic N) is 2. The molecule has 0 aliphatic rings. The number of para-hydroxylation sites is 1. The summed E-state index contributed by atoms with van der Waals surface area (Å²) in [5.74, 6) is 1.54. The van der Waals surface area contributed by atoms with Gasteiger partial charge in [-0.05, 0) is 43.2 Å². The van der Waals surface area contributed by atoms with Gasteiger partial charge in [0, 0.05) is 30.5 Å². The Labute approximate surface area is 187 Å². The molecule has 31 heavy (non-hydrogen) atoms. The number of carbonyl (C=O) groups excluding carboxylic acids is 1. The van der Waals surface area contributed by atoms with Crippen molar-refractivity contribution in [2.24, 2.45) is 0 Å². The molecule has 3 aromatic rings. The second kappa shape index (κ2) is 10.4. The Bertz CT molecular complexity index is 1030. The van der Waals surface area contributed by atoms with Crippen LogP contribution >= 0.6 is 11.3 Å². The molecule has 3 rings (SSSR count). The summed E-state index contributed by atoms with van der Waals surface area (Å²) in [6, 6.07) is 13.7. The Morgan fingerprint density at radius 3 is 2.65 bits per heavy atom. The Balaban J connectivity index is 1.77. The predicted octanol–water partition coefficient (Wildman–Crippen LogP) is 5.26. The van der Waals surface area contributed by atoms with Crippen molar-refractivity contribution in [2.75, 3.05) is 19.1 Å². The molecule has 0 aliphatic heterocycles. The van der Waals surface area contributed by atoms with E-state index < -0.39 is 0 Å². The quantitative estimate of drug-likeness (QED) is 0.493. The monoisotopic (exact) mass is 439 g/mol. The standard InChI is InChI=1S/C24H29N3O3S/c1-6-18-9-7-8-10-22(18)27(17(3)28)24-26-19(15-31-24)14-25-16(2)21-13-20(29-4)11-12-23(21)30-5/h7-13,15-16,25H,6,14H2,1-5H3. The minimum Gasteiger partial charge on any atom is -0.497 e. The number of nitrogens with one attached hydrogen (secondary N) is 1. The molecule has 0 spiro atoms. The van der Waals surface area contributed by atoms with Crippen LogP contribution in [0.15, 0.2) is 47.8 Å². The van der Waals surface area contributed by atoms with Crippen LogP contribution in [-0.4, -0.2) is 25.1 Å². The smallest absolute Gasteiger partial charge is 0.230 e. The van der Waals surface area contributed by atoms with Gasteiger partial charge in [-0.1, -0.05) is 25.1 Å². The third-order valence-electron chi connectivity index (χ3n) is 5.15. The van der Waals surface area contributed by atoms with Crippen LogP contribution in [0.3, 0.4) is 0 Å². The van der Waals surface area contributed by atoms with E-state index in [9.17, 15) is 4.79 Å². The fourth-order valence-electron chi connectivity index (χ4n) is 3.46. The van der Waals surface area contributed by atoms with Crippen molar-refractivity contribution in [1.82, 2.24) is 10.3 Å². The van der Waals surface area contributed by atoms with Gasteiger partial charge in [0.05, 0.1) is 25.6 Å². The van der Waals surface area contributed by atoms with Crippen molar-refractivity contribution in [3.05, 3.63) is 64.7 Å². The highest BCUT2D eigenvalue weighted by Gasteiger charge is 2.20. The topological polar surface area (TPSA) is 63.7 Å².